The molecule has 5 rings (SSSR count). The minimum atomic E-state index is -1.64. The highest BCUT2D eigenvalue weighted by atomic mass is 32.2. The maximum Gasteiger partial charge on any atom is 0.238 e. The van der Waals surface area contributed by atoms with Crippen LogP contribution in [0.15, 0.2) is 18.3 Å². The van der Waals surface area contributed by atoms with Crippen molar-refractivity contribution in [2.75, 3.05) is 32.9 Å². The first kappa shape index (κ1) is 29.2. The number of likely N-dealkylation sites (tertiary alicyclic amines) is 1. The molecule has 11 nitrogen and oxygen atoms in total. The number of hydrogen-bond acceptors (Lipinski definition) is 10. The number of carbonyl (C=O) groups is 1. The van der Waals surface area contributed by atoms with Crippen LogP contribution >= 0.6 is 11.8 Å². The van der Waals surface area contributed by atoms with Crippen molar-refractivity contribution in [1.29, 1.82) is 0 Å². The molecule has 1 aromatic heterocycles. The lowest BCUT2D eigenvalue weighted by atomic mass is 9.89. The SMILES string of the molecule is O=C([C@@H](S[C@@H]1O[C@H](CO)[C@H](O)[C@H](n2cc(-c3cc(F)c(F)c(F)c3)nn2)[C@H]1O)C1(O)CCOCC1)N1CCCC1. The molecule has 3 aliphatic rings. The Morgan fingerprint density at radius 3 is 2.40 bits per heavy atom. The van der Waals surface area contributed by atoms with Gasteiger partial charge in [0.05, 0.1) is 18.4 Å². The molecule has 0 unspecified atom stereocenters. The van der Waals surface area contributed by atoms with Crippen molar-refractivity contribution in [2.45, 2.75) is 66.3 Å². The Labute approximate surface area is 231 Å². The van der Waals surface area contributed by atoms with Crippen LogP contribution in [0.2, 0.25) is 0 Å². The molecule has 220 valence electrons. The number of halogens is 3. The van der Waals surface area contributed by atoms with Gasteiger partial charge in [0.25, 0.3) is 0 Å². The first-order valence-corrected chi connectivity index (χ1v) is 14.0. The van der Waals surface area contributed by atoms with Crippen molar-refractivity contribution in [3.05, 3.63) is 35.8 Å². The molecule has 0 aliphatic carbocycles. The summed E-state index contributed by atoms with van der Waals surface area (Å²) in [6, 6.07) is 0.218. The molecule has 4 heterocycles. The molecule has 2 aromatic rings. The Morgan fingerprint density at radius 2 is 1.77 bits per heavy atom. The van der Waals surface area contributed by atoms with Gasteiger partial charge in [-0.2, -0.15) is 0 Å². The van der Waals surface area contributed by atoms with E-state index < -0.39 is 64.7 Å². The number of aromatic nitrogens is 3. The molecule has 3 saturated heterocycles. The van der Waals surface area contributed by atoms with Crippen LogP contribution in [0.3, 0.4) is 0 Å². The van der Waals surface area contributed by atoms with E-state index in [1.807, 2.05) is 0 Å². The number of aliphatic hydroxyl groups excluding tert-OH is 3. The van der Waals surface area contributed by atoms with Gasteiger partial charge in [-0.25, -0.2) is 17.9 Å². The fourth-order valence-corrected chi connectivity index (χ4v) is 6.94. The third-order valence-electron chi connectivity index (χ3n) is 7.70. The number of hydrogen-bond donors (Lipinski definition) is 4. The highest BCUT2D eigenvalue weighted by Crippen LogP contribution is 2.42. The van der Waals surface area contributed by atoms with Crippen LogP contribution in [-0.4, -0.2) is 114 Å². The molecule has 0 radical (unpaired) electrons. The zero-order valence-electron chi connectivity index (χ0n) is 21.4. The Morgan fingerprint density at radius 1 is 1.12 bits per heavy atom. The quantitative estimate of drug-likeness (QED) is 0.339. The second kappa shape index (κ2) is 11.9. The van der Waals surface area contributed by atoms with Crippen molar-refractivity contribution in [3.63, 3.8) is 0 Å². The Hall–Kier alpha value is -2.27. The van der Waals surface area contributed by atoms with E-state index in [0.29, 0.717) is 13.1 Å². The monoisotopic (exact) mass is 588 g/mol. The fourth-order valence-electron chi connectivity index (χ4n) is 5.39. The molecule has 0 saturated carbocycles. The van der Waals surface area contributed by atoms with Crippen LogP contribution in [0.5, 0.6) is 0 Å². The topological polar surface area (TPSA) is 150 Å². The fraction of sp³-hybridized carbons (Fsp3) is 0.640. The third-order valence-corrected chi connectivity index (χ3v) is 9.27. The zero-order chi connectivity index (χ0) is 28.6. The number of rotatable bonds is 7. The van der Waals surface area contributed by atoms with Crippen molar-refractivity contribution < 1.29 is 47.9 Å². The molecular formula is C25H31F3N4O7S. The van der Waals surface area contributed by atoms with Gasteiger partial charge in [-0.05, 0) is 25.0 Å². The van der Waals surface area contributed by atoms with Crippen molar-refractivity contribution >= 4 is 17.7 Å². The molecule has 0 bridgehead atoms. The van der Waals surface area contributed by atoms with Gasteiger partial charge in [0.1, 0.15) is 40.7 Å². The van der Waals surface area contributed by atoms with Gasteiger partial charge in [0.2, 0.25) is 5.91 Å². The summed E-state index contributed by atoms with van der Waals surface area (Å²) < 4.78 is 53.3. The molecule has 3 fully saturated rings. The number of benzene rings is 1. The largest absolute Gasteiger partial charge is 0.394 e. The summed E-state index contributed by atoms with van der Waals surface area (Å²) in [6.45, 7) is 0.955. The second-order valence-corrected chi connectivity index (χ2v) is 11.5. The van der Waals surface area contributed by atoms with Gasteiger partial charge in [-0.3, -0.25) is 4.79 Å². The third kappa shape index (κ3) is 5.60. The van der Waals surface area contributed by atoms with Gasteiger partial charge in [-0.1, -0.05) is 5.21 Å². The first-order chi connectivity index (χ1) is 19.1. The zero-order valence-corrected chi connectivity index (χ0v) is 22.2. The average molecular weight is 589 g/mol. The van der Waals surface area contributed by atoms with E-state index in [-0.39, 0.29) is 43.2 Å². The smallest absolute Gasteiger partial charge is 0.238 e. The minimum absolute atomic E-state index is 0.0629. The second-order valence-electron chi connectivity index (χ2n) is 10.3. The lowest BCUT2D eigenvalue weighted by Crippen LogP contribution is -2.58. The van der Waals surface area contributed by atoms with E-state index in [1.165, 1.54) is 6.20 Å². The highest BCUT2D eigenvalue weighted by molar-refractivity contribution is 8.01. The summed E-state index contributed by atoms with van der Waals surface area (Å²) in [4.78, 5) is 15.3. The number of aliphatic hydroxyl groups is 4. The highest BCUT2D eigenvalue weighted by Gasteiger charge is 2.52. The Balaban J connectivity index is 1.43. The molecule has 6 atom stereocenters. The summed E-state index contributed by atoms with van der Waals surface area (Å²) in [5.74, 6) is -4.78. The summed E-state index contributed by atoms with van der Waals surface area (Å²) in [6.07, 6.45) is -0.937. The van der Waals surface area contributed by atoms with Gasteiger partial charge in [0.15, 0.2) is 17.5 Å². The summed E-state index contributed by atoms with van der Waals surface area (Å²) in [5.41, 5.74) is -2.82. The van der Waals surface area contributed by atoms with E-state index in [1.54, 1.807) is 4.90 Å². The predicted molar refractivity (Wildman–Crippen MR) is 134 cm³/mol. The molecule has 4 N–H and O–H groups in total. The summed E-state index contributed by atoms with van der Waals surface area (Å²) >= 11 is 0.909. The van der Waals surface area contributed by atoms with E-state index in [4.69, 9.17) is 9.47 Å². The molecule has 0 spiro atoms. The van der Waals surface area contributed by atoms with Crippen LogP contribution in [0.1, 0.15) is 31.7 Å². The van der Waals surface area contributed by atoms with Gasteiger partial charge in [-0.15, -0.1) is 16.9 Å². The number of carbonyl (C=O) groups excluding carboxylic acids is 1. The predicted octanol–water partition coefficient (Wildman–Crippen LogP) is 0.608. The molecular weight excluding hydrogens is 557 g/mol. The summed E-state index contributed by atoms with van der Waals surface area (Å²) in [5, 5.41) is 50.5. The maximum absolute atomic E-state index is 13.8. The van der Waals surface area contributed by atoms with Crippen LogP contribution in [-0.2, 0) is 14.3 Å². The lowest BCUT2D eigenvalue weighted by molar-refractivity contribution is -0.179. The average Bonchev–Trinajstić information content (AvgIpc) is 3.64. The van der Waals surface area contributed by atoms with Gasteiger partial charge in [0, 0.05) is 44.7 Å². The Kier molecular flexibility index (Phi) is 8.71. The van der Waals surface area contributed by atoms with E-state index in [9.17, 15) is 38.4 Å². The van der Waals surface area contributed by atoms with Gasteiger partial charge < -0.3 is 34.8 Å². The molecule has 1 amide bonds. The van der Waals surface area contributed by atoms with Gasteiger partial charge >= 0.3 is 0 Å². The maximum atomic E-state index is 13.8. The van der Waals surface area contributed by atoms with E-state index in [0.717, 1.165) is 41.4 Å². The number of thioether (sulfide) groups is 1. The minimum Gasteiger partial charge on any atom is -0.394 e. The lowest BCUT2D eigenvalue weighted by Gasteiger charge is -2.45. The van der Waals surface area contributed by atoms with Crippen molar-refractivity contribution in [2.24, 2.45) is 0 Å². The standard InChI is InChI=1S/C25H31F3N4O7S/c26-14-9-13(10-15(27)18(14)28)16-11-32(30-29-16)19-20(34)17(12-33)39-24(21(19)35)40-22(23(36)31-5-1-2-6-31)25(37)3-7-38-8-4-25/h9-11,17,19-22,24,33-35,37H,1-8,12H2/t17-,19+,20+,21-,22-,24+/m1/s1. The van der Waals surface area contributed by atoms with Crippen LogP contribution in [0.25, 0.3) is 11.3 Å². The molecule has 40 heavy (non-hydrogen) atoms. The molecule has 1 aromatic carbocycles. The van der Waals surface area contributed by atoms with Crippen LogP contribution in [0, 0.1) is 17.5 Å². The number of ether oxygens (including phenoxy) is 2. The van der Waals surface area contributed by atoms with E-state index in [2.05, 4.69) is 10.3 Å². The Bertz CT molecular complexity index is 1190. The normalized spacial score (nSPS) is 29.5. The number of amides is 1. The molecule has 3 aliphatic heterocycles. The van der Waals surface area contributed by atoms with Crippen molar-refractivity contribution in [3.8, 4) is 11.3 Å². The van der Waals surface area contributed by atoms with Crippen LogP contribution in [0.4, 0.5) is 13.2 Å². The van der Waals surface area contributed by atoms with Crippen molar-refractivity contribution in [1.82, 2.24) is 19.9 Å². The first-order valence-electron chi connectivity index (χ1n) is 13.1. The van der Waals surface area contributed by atoms with Crippen LogP contribution < -0.4 is 0 Å². The number of nitrogens with zero attached hydrogens (tertiary/aromatic N) is 4. The molecule has 15 heteroatoms. The van der Waals surface area contributed by atoms with E-state index >= 15 is 0 Å². The summed E-state index contributed by atoms with van der Waals surface area (Å²) in [7, 11) is 0.